The molecule has 1 aliphatic heterocycles. The molecule has 1 heterocycles. The Balaban J connectivity index is 2.85. The minimum absolute atomic E-state index is 0.134. The molecule has 0 spiro atoms. The van der Waals surface area contributed by atoms with Crippen molar-refractivity contribution in [2.24, 2.45) is 5.41 Å². The molecule has 0 aliphatic carbocycles. The first-order chi connectivity index (χ1) is 6.30. The van der Waals surface area contributed by atoms with Crippen molar-refractivity contribution in [2.45, 2.75) is 26.6 Å². The summed E-state index contributed by atoms with van der Waals surface area (Å²) in [7, 11) is 0. The van der Waals surface area contributed by atoms with Crippen LogP contribution in [0.25, 0.3) is 0 Å². The highest BCUT2D eigenvalue weighted by Crippen LogP contribution is 2.30. The van der Waals surface area contributed by atoms with Crippen molar-refractivity contribution in [1.82, 2.24) is 0 Å². The molecule has 80 valence electrons. The minimum atomic E-state index is -1.53. The van der Waals surface area contributed by atoms with Crippen molar-refractivity contribution in [3.63, 3.8) is 0 Å². The molecular formula is C9H14O5. The van der Waals surface area contributed by atoms with Crippen molar-refractivity contribution >= 4 is 11.8 Å². The summed E-state index contributed by atoms with van der Waals surface area (Å²) in [4.78, 5) is 22.2. The number of carboxylic acids is 1. The second-order valence-electron chi connectivity index (χ2n) is 3.92. The van der Waals surface area contributed by atoms with E-state index in [1.165, 1.54) is 6.92 Å². The van der Waals surface area contributed by atoms with Crippen molar-refractivity contribution in [2.75, 3.05) is 13.2 Å². The van der Waals surface area contributed by atoms with Gasteiger partial charge in [0.1, 0.15) is 0 Å². The summed E-state index contributed by atoms with van der Waals surface area (Å²) in [5, 5.41) is 8.95. The van der Waals surface area contributed by atoms with Gasteiger partial charge in [0.15, 0.2) is 17.0 Å². The lowest BCUT2D eigenvalue weighted by molar-refractivity contribution is -0.277. The lowest BCUT2D eigenvalue weighted by Crippen LogP contribution is -2.54. The molecule has 0 aromatic rings. The Kier molecular flexibility index (Phi) is 2.65. The molecule has 0 aromatic carbocycles. The second-order valence-corrected chi connectivity index (χ2v) is 3.92. The van der Waals surface area contributed by atoms with Gasteiger partial charge in [-0.2, -0.15) is 0 Å². The van der Waals surface area contributed by atoms with Crippen LogP contribution in [0.5, 0.6) is 0 Å². The molecule has 5 heteroatoms. The van der Waals surface area contributed by atoms with Crippen LogP contribution in [-0.4, -0.2) is 35.9 Å². The Labute approximate surface area is 82.0 Å². The van der Waals surface area contributed by atoms with E-state index < -0.39 is 23.0 Å². The predicted octanol–water partition coefficient (Wildman–Crippen LogP) is 0.429. The summed E-state index contributed by atoms with van der Waals surface area (Å²) < 4.78 is 10.4. The van der Waals surface area contributed by atoms with E-state index in [0.717, 1.165) is 0 Å². The third kappa shape index (κ3) is 1.78. The van der Waals surface area contributed by atoms with Gasteiger partial charge in [0.25, 0.3) is 0 Å². The van der Waals surface area contributed by atoms with E-state index in [4.69, 9.17) is 14.6 Å². The van der Waals surface area contributed by atoms with Crippen molar-refractivity contribution < 1.29 is 24.2 Å². The fourth-order valence-electron chi connectivity index (χ4n) is 1.15. The zero-order chi connectivity index (χ0) is 11.0. The van der Waals surface area contributed by atoms with E-state index in [-0.39, 0.29) is 13.2 Å². The Morgan fingerprint density at radius 3 is 1.93 bits per heavy atom. The van der Waals surface area contributed by atoms with E-state index in [1.54, 1.807) is 13.8 Å². The van der Waals surface area contributed by atoms with Gasteiger partial charge in [-0.15, -0.1) is 0 Å². The summed E-state index contributed by atoms with van der Waals surface area (Å²) in [5.41, 5.74) is -1.53. The molecule has 0 bridgehead atoms. The fourth-order valence-corrected chi connectivity index (χ4v) is 1.15. The van der Waals surface area contributed by atoms with Gasteiger partial charge >= 0.3 is 5.97 Å². The molecule has 0 aromatic heterocycles. The van der Waals surface area contributed by atoms with Crippen LogP contribution in [0.15, 0.2) is 0 Å². The molecule has 0 unspecified atom stereocenters. The predicted molar refractivity (Wildman–Crippen MR) is 46.7 cm³/mol. The first-order valence-corrected chi connectivity index (χ1v) is 4.32. The molecule has 0 amide bonds. The zero-order valence-electron chi connectivity index (χ0n) is 8.49. The Bertz CT molecular complexity index is 242. The van der Waals surface area contributed by atoms with E-state index in [2.05, 4.69) is 0 Å². The number of hydrogen-bond donors (Lipinski definition) is 1. The topological polar surface area (TPSA) is 72.8 Å². The van der Waals surface area contributed by atoms with E-state index >= 15 is 0 Å². The van der Waals surface area contributed by atoms with Gasteiger partial charge in [0, 0.05) is 0 Å². The molecule has 1 rings (SSSR count). The smallest absolute Gasteiger partial charge is 0.321 e. The van der Waals surface area contributed by atoms with Crippen LogP contribution < -0.4 is 0 Å². The fraction of sp³-hybridized carbons (Fsp3) is 0.778. The number of ketones is 1. The Morgan fingerprint density at radius 2 is 1.64 bits per heavy atom. The largest absolute Gasteiger partial charge is 0.480 e. The summed E-state index contributed by atoms with van der Waals surface area (Å²) in [6.07, 6.45) is 0. The van der Waals surface area contributed by atoms with Crippen LogP contribution in [0.2, 0.25) is 0 Å². The summed E-state index contributed by atoms with van der Waals surface area (Å²) in [6, 6.07) is 0. The normalized spacial score (nSPS) is 24.2. The van der Waals surface area contributed by atoms with Gasteiger partial charge in [0.2, 0.25) is 0 Å². The summed E-state index contributed by atoms with van der Waals surface area (Å²) in [6.45, 7) is 4.33. The van der Waals surface area contributed by atoms with Crippen molar-refractivity contribution in [3.05, 3.63) is 0 Å². The number of aliphatic carboxylic acids is 1. The number of hydrogen-bond acceptors (Lipinski definition) is 4. The lowest BCUT2D eigenvalue weighted by atomic mass is 9.85. The number of Topliss-reactive ketones (excluding diaryl/α,β-unsaturated/α-hetero) is 1. The summed E-state index contributed by atoms with van der Waals surface area (Å²) >= 11 is 0. The van der Waals surface area contributed by atoms with Gasteiger partial charge < -0.3 is 14.6 Å². The van der Waals surface area contributed by atoms with Crippen LogP contribution in [0.4, 0.5) is 0 Å². The second kappa shape index (κ2) is 3.33. The highest BCUT2D eigenvalue weighted by atomic mass is 16.7. The third-order valence-corrected chi connectivity index (χ3v) is 2.42. The Hall–Kier alpha value is -0.940. The van der Waals surface area contributed by atoms with E-state index in [1.807, 2.05) is 0 Å². The van der Waals surface area contributed by atoms with Gasteiger partial charge in [-0.05, 0) is 20.8 Å². The maximum absolute atomic E-state index is 11.2. The molecular weight excluding hydrogens is 188 g/mol. The van der Waals surface area contributed by atoms with E-state index in [0.29, 0.717) is 0 Å². The molecule has 1 saturated heterocycles. The molecule has 0 atom stereocenters. The van der Waals surface area contributed by atoms with E-state index in [9.17, 15) is 9.59 Å². The number of carbonyl (C=O) groups excluding carboxylic acids is 1. The summed E-state index contributed by atoms with van der Waals surface area (Å²) in [5.74, 6) is -2.45. The SMILES string of the molecule is CC(=O)C1(C(=O)O)COC(C)(C)OC1. The first-order valence-electron chi connectivity index (χ1n) is 4.32. The average molecular weight is 202 g/mol. The number of carbonyl (C=O) groups is 2. The lowest BCUT2D eigenvalue weighted by Gasteiger charge is -2.39. The molecule has 1 N–H and O–H groups in total. The average Bonchev–Trinajstić information content (AvgIpc) is 2.03. The molecule has 14 heavy (non-hydrogen) atoms. The zero-order valence-corrected chi connectivity index (χ0v) is 8.49. The minimum Gasteiger partial charge on any atom is -0.480 e. The standard InChI is InChI=1S/C9H14O5/c1-6(10)9(7(11)12)4-13-8(2,3)14-5-9/h4-5H2,1-3H3,(H,11,12). The molecule has 0 radical (unpaired) electrons. The van der Waals surface area contributed by atoms with Gasteiger partial charge in [-0.25, -0.2) is 0 Å². The van der Waals surface area contributed by atoms with Gasteiger partial charge in [0.05, 0.1) is 13.2 Å². The quantitative estimate of drug-likeness (QED) is 0.657. The van der Waals surface area contributed by atoms with Crippen LogP contribution in [0, 0.1) is 5.41 Å². The molecule has 5 nitrogen and oxygen atoms in total. The van der Waals surface area contributed by atoms with Crippen molar-refractivity contribution in [3.8, 4) is 0 Å². The highest BCUT2D eigenvalue weighted by Gasteiger charge is 2.49. The van der Waals surface area contributed by atoms with Crippen LogP contribution >= 0.6 is 0 Å². The monoisotopic (exact) mass is 202 g/mol. The van der Waals surface area contributed by atoms with Crippen LogP contribution in [0.3, 0.4) is 0 Å². The van der Waals surface area contributed by atoms with Gasteiger partial charge in [-0.1, -0.05) is 0 Å². The molecule has 1 fully saturated rings. The molecule has 1 aliphatic rings. The highest BCUT2D eigenvalue weighted by molar-refractivity contribution is 6.02. The van der Waals surface area contributed by atoms with Crippen LogP contribution in [0.1, 0.15) is 20.8 Å². The van der Waals surface area contributed by atoms with Crippen LogP contribution in [-0.2, 0) is 19.1 Å². The molecule has 0 saturated carbocycles. The Morgan fingerprint density at radius 1 is 1.21 bits per heavy atom. The number of carboxylic acid groups (broad SMARTS) is 1. The maximum atomic E-state index is 11.2. The van der Waals surface area contributed by atoms with Crippen molar-refractivity contribution in [1.29, 1.82) is 0 Å². The maximum Gasteiger partial charge on any atom is 0.321 e. The first kappa shape index (κ1) is 11.1. The number of ether oxygens (including phenoxy) is 2. The van der Waals surface area contributed by atoms with Gasteiger partial charge in [-0.3, -0.25) is 9.59 Å². The third-order valence-electron chi connectivity index (χ3n) is 2.42. The number of rotatable bonds is 2.